The van der Waals surface area contributed by atoms with Gasteiger partial charge >= 0.3 is 0 Å². The van der Waals surface area contributed by atoms with Crippen LogP contribution in [-0.2, 0) is 13.7 Å². The van der Waals surface area contributed by atoms with Gasteiger partial charge in [0.1, 0.15) is 11.5 Å². The predicted octanol–water partition coefficient (Wildman–Crippen LogP) is 3.41. The first kappa shape index (κ1) is 20.4. The molecule has 158 valence electrons. The van der Waals surface area contributed by atoms with Gasteiger partial charge in [-0.25, -0.2) is 4.68 Å². The van der Waals surface area contributed by atoms with E-state index in [1.54, 1.807) is 14.2 Å². The Morgan fingerprint density at radius 3 is 2.00 bits per heavy atom. The largest absolute Gasteiger partial charge is 0.497 e. The molecule has 1 saturated heterocycles. The molecule has 1 fully saturated rings. The maximum Gasteiger partial charge on any atom is 0.199 e. The fraction of sp³-hybridized carbons (Fsp3) is 0.364. The Morgan fingerprint density at radius 1 is 0.867 bits per heavy atom. The van der Waals surface area contributed by atoms with Gasteiger partial charge in [0.15, 0.2) is 10.6 Å². The van der Waals surface area contributed by atoms with E-state index in [2.05, 4.69) is 21.9 Å². The summed E-state index contributed by atoms with van der Waals surface area (Å²) in [5.41, 5.74) is 2.25. The highest BCUT2D eigenvalue weighted by Gasteiger charge is 2.19. The molecule has 0 bridgehead atoms. The van der Waals surface area contributed by atoms with Gasteiger partial charge < -0.3 is 18.9 Å². The average Bonchev–Trinajstić information content (AvgIpc) is 3.08. The van der Waals surface area contributed by atoms with E-state index in [1.807, 2.05) is 52.7 Å². The molecule has 1 aromatic heterocycles. The minimum absolute atomic E-state index is 0.694. The van der Waals surface area contributed by atoms with Crippen LogP contribution in [0.1, 0.15) is 0 Å². The lowest BCUT2D eigenvalue weighted by atomic mass is 10.2. The van der Waals surface area contributed by atoms with Gasteiger partial charge in [0.25, 0.3) is 0 Å². The molecule has 0 amide bonds. The van der Waals surface area contributed by atoms with Crippen molar-refractivity contribution in [3.05, 3.63) is 53.3 Å². The van der Waals surface area contributed by atoms with Crippen LogP contribution in [0.2, 0.25) is 0 Å². The zero-order chi connectivity index (χ0) is 21.1. The number of rotatable bonds is 6. The lowest BCUT2D eigenvalue weighted by molar-refractivity contribution is 0.194. The average molecular weight is 426 g/mol. The van der Waals surface area contributed by atoms with E-state index >= 15 is 0 Å². The molecule has 0 N–H and O–H groups in total. The second kappa shape index (κ2) is 8.89. The highest BCUT2D eigenvalue weighted by Crippen LogP contribution is 2.22. The van der Waals surface area contributed by atoms with Crippen molar-refractivity contribution in [1.29, 1.82) is 0 Å². The minimum atomic E-state index is 0.694. The summed E-state index contributed by atoms with van der Waals surface area (Å²) in [5, 5.41) is 4.79. The van der Waals surface area contributed by atoms with E-state index in [9.17, 15) is 0 Å². The Morgan fingerprint density at radius 2 is 1.43 bits per heavy atom. The van der Waals surface area contributed by atoms with E-state index in [1.165, 1.54) is 5.69 Å². The zero-order valence-electron chi connectivity index (χ0n) is 17.6. The summed E-state index contributed by atoms with van der Waals surface area (Å²) in [6.45, 7) is 4.55. The monoisotopic (exact) mass is 425 g/mol. The number of hydrogen-bond acceptors (Lipinski definition) is 6. The molecule has 0 radical (unpaired) electrons. The molecule has 1 aliphatic rings. The third-order valence-corrected chi connectivity index (χ3v) is 6.02. The van der Waals surface area contributed by atoms with E-state index < -0.39 is 0 Å². The van der Waals surface area contributed by atoms with Crippen molar-refractivity contribution in [3.63, 3.8) is 0 Å². The molecule has 1 aliphatic heterocycles. The number of aromatic nitrogens is 3. The first-order valence-corrected chi connectivity index (χ1v) is 10.4. The van der Waals surface area contributed by atoms with Crippen LogP contribution < -0.4 is 14.4 Å². The first-order chi connectivity index (χ1) is 14.6. The molecule has 0 spiro atoms. The van der Waals surface area contributed by atoms with Crippen molar-refractivity contribution >= 4 is 17.9 Å². The normalized spacial score (nSPS) is 14.7. The summed E-state index contributed by atoms with van der Waals surface area (Å²) in [6, 6.07) is 16.1. The quantitative estimate of drug-likeness (QED) is 0.564. The second-order valence-electron chi connectivity index (χ2n) is 7.34. The van der Waals surface area contributed by atoms with Crippen LogP contribution in [-0.4, -0.2) is 59.6 Å². The summed E-state index contributed by atoms with van der Waals surface area (Å²) in [7, 11) is 5.32. The molecule has 2 heterocycles. The Hall–Kier alpha value is -2.84. The molecular formula is C22H27N5O2S. The fourth-order valence-corrected chi connectivity index (χ4v) is 3.89. The third-order valence-electron chi connectivity index (χ3n) is 5.53. The summed E-state index contributed by atoms with van der Waals surface area (Å²) in [6.07, 6.45) is 0. The van der Waals surface area contributed by atoms with Gasteiger partial charge in [-0.1, -0.05) is 0 Å². The predicted molar refractivity (Wildman–Crippen MR) is 121 cm³/mol. The van der Waals surface area contributed by atoms with Gasteiger partial charge in [-0.05, 0) is 60.7 Å². The summed E-state index contributed by atoms with van der Waals surface area (Å²) >= 11 is 5.64. The van der Waals surface area contributed by atoms with Gasteiger partial charge in [-0.2, -0.15) is 5.10 Å². The van der Waals surface area contributed by atoms with Crippen LogP contribution in [0.3, 0.4) is 0 Å². The molecule has 0 unspecified atom stereocenters. The van der Waals surface area contributed by atoms with Gasteiger partial charge in [0.2, 0.25) is 0 Å². The maximum absolute atomic E-state index is 5.64. The number of ether oxygens (including phenoxy) is 2. The Bertz CT molecular complexity index is 1030. The molecule has 4 rings (SSSR count). The molecule has 30 heavy (non-hydrogen) atoms. The molecule has 0 aliphatic carbocycles. The fourth-order valence-electron chi connectivity index (χ4n) is 3.70. The Labute approximate surface area is 182 Å². The zero-order valence-corrected chi connectivity index (χ0v) is 18.4. The molecule has 0 atom stereocenters. The number of benzene rings is 2. The topological polar surface area (TPSA) is 47.7 Å². The summed E-state index contributed by atoms with van der Waals surface area (Å²) in [4.78, 5) is 4.79. The molecule has 7 nitrogen and oxygen atoms in total. The van der Waals surface area contributed by atoms with Crippen molar-refractivity contribution in [1.82, 2.24) is 19.2 Å². The molecular weight excluding hydrogens is 398 g/mol. The highest BCUT2D eigenvalue weighted by atomic mass is 32.1. The minimum Gasteiger partial charge on any atom is -0.497 e. The molecule has 0 saturated carbocycles. The van der Waals surface area contributed by atoms with E-state index in [0.717, 1.165) is 53.8 Å². The highest BCUT2D eigenvalue weighted by molar-refractivity contribution is 7.71. The van der Waals surface area contributed by atoms with Crippen LogP contribution in [0, 0.1) is 4.77 Å². The van der Waals surface area contributed by atoms with Gasteiger partial charge in [-0.15, -0.1) is 0 Å². The number of nitrogens with zero attached hydrogens (tertiary/aromatic N) is 5. The summed E-state index contributed by atoms with van der Waals surface area (Å²) in [5.74, 6) is 2.57. The number of hydrogen-bond donors (Lipinski definition) is 0. The van der Waals surface area contributed by atoms with Crippen molar-refractivity contribution in [2.75, 3.05) is 45.3 Å². The molecule has 2 aromatic carbocycles. The van der Waals surface area contributed by atoms with E-state index in [0.29, 0.717) is 6.67 Å². The van der Waals surface area contributed by atoms with Gasteiger partial charge in [0, 0.05) is 44.5 Å². The SMILES string of the molecule is COc1ccc(-c2nn(CN3CCN(c4ccc(OC)cc4)CC3)c(=S)n2C)cc1. The summed E-state index contributed by atoms with van der Waals surface area (Å²) < 4.78 is 15.1. The molecule has 8 heteroatoms. The van der Waals surface area contributed by atoms with Crippen molar-refractivity contribution in [2.24, 2.45) is 7.05 Å². The lowest BCUT2D eigenvalue weighted by Gasteiger charge is -2.35. The third kappa shape index (κ3) is 4.20. The van der Waals surface area contributed by atoms with Crippen LogP contribution >= 0.6 is 12.2 Å². The smallest absolute Gasteiger partial charge is 0.199 e. The molecule has 3 aromatic rings. The Balaban J connectivity index is 1.42. The maximum atomic E-state index is 5.64. The number of methoxy groups -OCH3 is 2. The van der Waals surface area contributed by atoms with Crippen molar-refractivity contribution < 1.29 is 9.47 Å². The first-order valence-electron chi connectivity index (χ1n) is 9.98. The second-order valence-corrected chi connectivity index (χ2v) is 7.70. The standard InChI is InChI=1S/C22H27N5O2S/c1-24-21(17-4-8-19(28-2)9-5-17)23-27(22(24)30)16-25-12-14-26(15-13-25)18-6-10-20(29-3)11-7-18/h4-11H,12-16H2,1-3H3. The van der Waals surface area contributed by atoms with Crippen LogP contribution in [0.15, 0.2) is 48.5 Å². The Kier molecular flexibility index (Phi) is 6.06. The van der Waals surface area contributed by atoms with Crippen LogP contribution in [0.4, 0.5) is 5.69 Å². The number of piperazine rings is 1. The number of anilines is 1. The van der Waals surface area contributed by atoms with Gasteiger partial charge in [0.05, 0.1) is 20.9 Å². The van der Waals surface area contributed by atoms with E-state index in [4.69, 9.17) is 26.8 Å². The van der Waals surface area contributed by atoms with Crippen LogP contribution in [0.25, 0.3) is 11.4 Å². The van der Waals surface area contributed by atoms with E-state index in [-0.39, 0.29) is 0 Å². The van der Waals surface area contributed by atoms with Crippen LogP contribution in [0.5, 0.6) is 11.5 Å². The van der Waals surface area contributed by atoms with Crippen molar-refractivity contribution in [2.45, 2.75) is 6.67 Å². The van der Waals surface area contributed by atoms with Gasteiger partial charge in [-0.3, -0.25) is 4.90 Å². The van der Waals surface area contributed by atoms with Crippen molar-refractivity contribution in [3.8, 4) is 22.9 Å². The lowest BCUT2D eigenvalue weighted by Crippen LogP contribution is -2.47.